The van der Waals surface area contributed by atoms with Crippen LogP contribution in [0.3, 0.4) is 0 Å². The van der Waals surface area contributed by atoms with Crippen molar-refractivity contribution in [3.8, 4) is 11.6 Å². The Hall–Kier alpha value is -2.08. The number of aromatic nitrogens is 3. The zero-order chi connectivity index (χ0) is 14.3. The van der Waals surface area contributed by atoms with E-state index in [4.69, 9.17) is 10.5 Å². The van der Waals surface area contributed by atoms with Gasteiger partial charge < -0.3 is 10.5 Å². The van der Waals surface area contributed by atoms with E-state index in [0.29, 0.717) is 17.3 Å². The van der Waals surface area contributed by atoms with Crippen molar-refractivity contribution in [3.63, 3.8) is 0 Å². The van der Waals surface area contributed by atoms with E-state index in [-0.39, 0.29) is 0 Å². The van der Waals surface area contributed by atoms with Crippen molar-refractivity contribution < 1.29 is 4.74 Å². The van der Waals surface area contributed by atoms with Crippen molar-refractivity contribution in [1.82, 2.24) is 14.6 Å². The van der Waals surface area contributed by atoms with Crippen LogP contribution in [0.2, 0.25) is 0 Å². The average molecular weight is 333 g/mol. The maximum absolute atomic E-state index is 6.01. The number of anilines is 1. The van der Waals surface area contributed by atoms with Gasteiger partial charge in [0.05, 0.1) is 11.4 Å². The summed E-state index contributed by atoms with van der Waals surface area (Å²) in [5, 5.41) is 4.33. The van der Waals surface area contributed by atoms with Gasteiger partial charge in [0.2, 0.25) is 5.88 Å². The zero-order valence-electron chi connectivity index (χ0n) is 11.1. The fourth-order valence-corrected chi connectivity index (χ4v) is 2.68. The lowest BCUT2D eigenvalue weighted by molar-refractivity contribution is 0.464. The van der Waals surface area contributed by atoms with Gasteiger partial charge in [-0.15, -0.1) is 0 Å². The first kappa shape index (κ1) is 12.9. The summed E-state index contributed by atoms with van der Waals surface area (Å²) in [5.41, 5.74) is 9.24. The van der Waals surface area contributed by atoms with Crippen LogP contribution in [-0.2, 0) is 0 Å². The smallest absolute Gasteiger partial charge is 0.245 e. The summed E-state index contributed by atoms with van der Waals surface area (Å²) in [6.45, 7) is 3.87. The number of aryl methyl sites for hydroxylation is 2. The van der Waals surface area contributed by atoms with E-state index in [1.54, 1.807) is 16.9 Å². The maximum atomic E-state index is 6.01. The molecule has 0 atom stereocenters. The zero-order valence-corrected chi connectivity index (χ0v) is 12.7. The van der Waals surface area contributed by atoms with Crippen LogP contribution in [0.5, 0.6) is 11.6 Å². The molecule has 3 rings (SSSR count). The Morgan fingerprint density at radius 2 is 2.05 bits per heavy atom. The van der Waals surface area contributed by atoms with Crippen LogP contribution < -0.4 is 10.5 Å². The van der Waals surface area contributed by atoms with E-state index in [9.17, 15) is 0 Å². The van der Waals surface area contributed by atoms with Gasteiger partial charge in [-0.1, -0.05) is 15.9 Å². The predicted octanol–water partition coefficient (Wildman–Crippen LogP) is 3.48. The van der Waals surface area contributed by atoms with E-state index in [0.717, 1.165) is 21.2 Å². The van der Waals surface area contributed by atoms with Gasteiger partial charge in [0.1, 0.15) is 5.52 Å². The molecule has 0 bridgehead atoms. The van der Waals surface area contributed by atoms with Gasteiger partial charge in [-0.05, 0) is 37.6 Å². The highest BCUT2D eigenvalue weighted by Crippen LogP contribution is 2.34. The summed E-state index contributed by atoms with van der Waals surface area (Å²) in [7, 11) is 0. The Morgan fingerprint density at radius 1 is 1.25 bits per heavy atom. The minimum atomic E-state index is 0.491. The van der Waals surface area contributed by atoms with Crippen LogP contribution >= 0.6 is 15.9 Å². The lowest BCUT2D eigenvalue weighted by Crippen LogP contribution is -1.98. The molecule has 2 heterocycles. The monoisotopic (exact) mass is 332 g/mol. The average Bonchev–Trinajstić information content (AvgIpc) is 2.74. The highest BCUT2D eigenvalue weighted by Gasteiger charge is 2.12. The minimum Gasteiger partial charge on any atom is -0.435 e. The van der Waals surface area contributed by atoms with Crippen LogP contribution in [0.15, 0.2) is 35.1 Å². The van der Waals surface area contributed by atoms with E-state index >= 15 is 0 Å². The SMILES string of the molecule is Cc1cc2c(Oc3c(C)cc(Br)cc3N)nccn2n1. The van der Waals surface area contributed by atoms with Crippen molar-refractivity contribution in [2.45, 2.75) is 13.8 Å². The summed E-state index contributed by atoms with van der Waals surface area (Å²) in [6, 6.07) is 5.68. The lowest BCUT2D eigenvalue weighted by Gasteiger charge is -2.11. The van der Waals surface area contributed by atoms with Crippen molar-refractivity contribution in [2.75, 3.05) is 5.73 Å². The molecule has 5 nitrogen and oxygen atoms in total. The van der Waals surface area contributed by atoms with Crippen molar-refractivity contribution in [3.05, 3.63) is 46.3 Å². The molecule has 3 aromatic rings. The molecule has 102 valence electrons. The fourth-order valence-electron chi connectivity index (χ4n) is 2.09. The summed E-state index contributed by atoms with van der Waals surface area (Å²) in [4.78, 5) is 4.27. The van der Waals surface area contributed by atoms with Gasteiger partial charge in [-0.25, -0.2) is 9.50 Å². The van der Waals surface area contributed by atoms with Gasteiger partial charge in [-0.3, -0.25) is 0 Å². The second kappa shape index (κ2) is 4.79. The Labute approximate surface area is 124 Å². The second-order valence-corrected chi connectivity index (χ2v) is 5.51. The highest BCUT2D eigenvalue weighted by atomic mass is 79.9. The van der Waals surface area contributed by atoms with Gasteiger partial charge in [0, 0.05) is 16.9 Å². The second-order valence-electron chi connectivity index (χ2n) is 4.59. The molecule has 2 aromatic heterocycles. The molecule has 1 aromatic carbocycles. The third-order valence-corrected chi connectivity index (χ3v) is 3.40. The molecule has 0 amide bonds. The number of hydrogen-bond acceptors (Lipinski definition) is 4. The first-order chi connectivity index (χ1) is 9.54. The number of halogens is 1. The van der Waals surface area contributed by atoms with E-state index in [1.807, 2.05) is 32.0 Å². The quantitative estimate of drug-likeness (QED) is 0.729. The van der Waals surface area contributed by atoms with Crippen LogP contribution in [-0.4, -0.2) is 14.6 Å². The van der Waals surface area contributed by atoms with Gasteiger partial charge >= 0.3 is 0 Å². The molecule has 0 radical (unpaired) electrons. The van der Waals surface area contributed by atoms with Crippen molar-refractivity contribution in [2.24, 2.45) is 0 Å². The number of fused-ring (bicyclic) bond motifs is 1. The molecule has 0 spiro atoms. The molecule has 0 saturated heterocycles. The molecular formula is C14H13BrN4O. The molecule has 0 saturated carbocycles. The Kier molecular flexibility index (Phi) is 3.10. The van der Waals surface area contributed by atoms with Gasteiger partial charge in [-0.2, -0.15) is 5.10 Å². The number of hydrogen-bond donors (Lipinski definition) is 1. The third-order valence-electron chi connectivity index (χ3n) is 2.94. The Morgan fingerprint density at radius 3 is 2.80 bits per heavy atom. The molecule has 0 unspecified atom stereocenters. The number of rotatable bonds is 2. The van der Waals surface area contributed by atoms with Crippen LogP contribution in [0.1, 0.15) is 11.3 Å². The number of benzene rings is 1. The molecule has 6 heteroatoms. The van der Waals surface area contributed by atoms with Crippen molar-refractivity contribution >= 4 is 27.1 Å². The molecule has 20 heavy (non-hydrogen) atoms. The fraction of sp³-hybridized carbons (Fsp3) is 0.143. The molecule has 0 aliphatic rings. The molecule has 0 aliphatic heterocycles. The number of nitrogens with two attached hydrogens (primary N) is 1. The van der Waals surface area contributed by atoms with E-state index in [2.05, 4.69) is 26.0 Å². The molecular weight excluding hydrogens is 320 g/mol. The topological polar surface area (TPSA) is 65.4 Å². The minimum absolute atomic E-state index is 0.491. The first-order valence-electron chi connectivity index (χ1n) is 6.09. The first-order valence-corrected chi connectivity index (χ1v) is 6.88. The van der Waals surface area contributed by atoms with E-state index < -0.39 is 0 Å². The highest BCUT2D eigenvalue weighted by molar-refractivity contribution is 9.10. The maximum Gasteiger partial charge on any atom is 0.245 e. The van der Waals surface area contributed by atoms with Crippen LogP contribution in [0, 0.1) is 13.8 Å². The third kappa shape index (κ3) is 2.22. The largest absolute Gasteiger partial charge is 0.435 e. The van der Waals surface area contributed by atoms with Gasteiger partial charge in [0.25, 0.3) is 0 Å². The molecule has 2 N–H and O–H groups in total. The van der Waals surface area contributed by atoms with Crippen LogP contribution in [0.25, 0.3) is 5.52 Å². The number of ether oxygens (including phenoxy) is 1. The summed E-state index contributed by atoms with van der Waals surface area (Å²) in [6.07, 6.45) is 3.44. The normalized spacial score (nSPS) is 10.9. The van der Waals surface area contributed by atoms with Crippen LogP contribution in [0.4, 0.5) is 5.69 Å². The predicted molar refractivity (Wildman–Crippen MR) is 81.1 cm³/mol. The van der Waals surface area contributed by atoms with Gasteiger partial charge in [0.15, 0.2) is 5.75 Å². The standard InChI is InChI=1S/C14H13BrN4O/c1-8-5-10(15)7-11(16)13(8)20-14-12-6-9(2)18-19(12)4-3-17-14/h3-7H,16H2,1-2H3. The molecule has 0 aliphatic carbocycles. The summed E-state index contributed by atoms with van der Waals surface area (Å²) >= 11 is 3.41. The Balaban J connectivity index is 2.10. The summed E-state index contributed by atoms with van der Waals surface area (Å²) in [5.74, 6) is 1.11. The number of nitrogens with zero attached hydrogens (tertiary/aromatic N) is 3. The Bertz CT molecular complexity index is 774. The van der Waals surface area contributed by atoms with Crippen molar-refractivity contribution in [1.29, 1.82) is 0 Å². The molecule has 0 fully saturated rings. The number of nitrogen functional groups attached to an aromatic ring is 1. The van der Waals surface area contributed by atoms with E-state index in [1.165, 1.54) is 0 Å². The summed E-state index contributed by atoms with van der Waals surface area (Å²) < 4.78 is 8.56. The lowest BCUT2D eigenvalue weighted by atomic mass is 10.2.